The van der Waals surface area contributed by atoms with Crippen LogP contribution in [-0.2, 0) is 0 Å². The molecule has 2 rings (SSSR count). The summed E-state index contributed by atoms with van der Waals surface area (Å²) in [5.41, 5.74) is 2.57. The molecule has 21 heavy (non-hydrogen) atoms. The minimum Gasteiger partial charge on any atom is -0.396 e. The fourth-order valence-electron chi connectivity index (χ4n) is 2.35. The van der Waals surface area contributed by atoms with Crippen LogP contribution in [0, 0.1) is 18.2 Å². The standard InChI is InChI=1S/C17H23FN2O/c1-12-9-16(19-8-4-7-17(2,3)11-21)14-10-13(18)5-6-15(14)20-12/h5-6,9-10,21H,4,7-8,11H2,1-3H3,(H,19,20). The molecule has 3 nitrogen and oxygen atoms in total. The van der Waals surface area contributed by atoms with Crippen LogP contribution in [0.5, 0.6) is 0 Å². The van der Waals surface area contributed by atoms with Crippen LogP contribution in [-0.4, -0.2) is 23.2 Å². The van der Waals surface area contributed by atoms with Crippen LogP contribution in [0.3, 0.4) is 0 Å². The van der Waals surface area contributed by atoms with Crippen LogP contribution in [0.15, 0.2) is 24.3 Å². The van der Waals surface area contributed by atoms with Crippen LogP contribution < -0.4 is 5.32 Å². The third-order valence-electron chi connectivity index (χ3n) is 3.67. The highest BCUT2D eigenvalue weighted by atomic mass is 19.1. The van der Waals surface area contributed by atoms with Crippen molar-refractivity contribution in [2.24, 2.45) is 5.41 Å². The van der Waals surface area contributed by atoms with Crippen molar-refractivity contribution in [1.29, 1.82) is 0 Å². The first kappa shape index (κ1) is 15.7. The molecule has 1 heterocycles. The van der Waals surface area contributed by atoms with Gasteiger partial charge in [-0.15, -0.1) is 0 Å². The quantitative estimate of drug-likeness (QED) is 0.793. The summed E-state index contributed by atoms with van der Waals surface area (Å²) < 4.78 is 13.4. The van der Waals surface area contributed by atoms with Crippen molar-refractivity contribution in [2.75, 3.05) is 18.5 Å². The van der Waals surface area contributed by atoms with Gasteiger partial charge in [0.1, 0.15) is 5.82 Å². The lowest BCUT2D eigenvalue weighted by Gasteiger charge is -2.21. The van der Waals surface area contributed by atoms with Gasteiger partial charge < -0.3 is 10.4 Å². The minimum atomic E-state index is -0.252. The Bertz CT molecular complexity index is 625. The molecule has 4 heteroatoms. The van der Waals surface area contributed by atoms with Crippen molar-refractivity contribution < 1.29 is 9.50 Å². The van der Waals surface area contributed by atoms with Gasteiger partial charge in [0.05, 0.1) is 5.52 Å². The maximum Gasteiger partial charge on any atom is 0.124 e. The Hall–Kier alpha value is -1.68. The molecular weight excluding hydrogens is 267 g/mol. The number of pyridine rings is 1. The second-order valence-corrected chi connectivity index (χ2v) is 6.33. The molecule has 0 unspecified atom stereocenters. The van der Waals surface area contributed by atoms with Gasteiger partial charge in [-0.2, -0.15) is 0 Å². The Labute approximate surface area is 125 Å². The van der Waals surface area contributed by atoms with E-state index in [-0.39, 0.29) is 17.8 Å². The molecule has 0 fully saturated rings. The third-order valence-corrected chi connectivity index (χ3v) is 3.67. The lowest BCUT2D eigenvalue weighted by Crippen LogP contribution is -2.18. The van der Waals surface area contributed by atoms with Crippen LogP contribution in [0.2, 0.25) is 0 Å². The number of aliphatic hydroxyl groups excluding tert-OH is 1. The van der Waals surface area contributed by atoms with Gasteiger partial charge in [0.2, 0.25) is 0 Å². The molecule has 0 spiro atoms. The Kier molecular flexibility index (Phi) is 4.78. The van der Waals surface area contributed by atoms with Gasteiger partial charge in [0.25, 0.3) is 0 Å². The third kappa shape index (κ3) is 4.14. The summed E-state index contributed by atoms with van der Waals surface area (Å²) in [5, 5.41) is 13.4. The zero-order chi connectivity index (χ0) is 15.5. The molecule has 2 N–H and O–H groups in total. The number of aryl methyl sites for hydroxylation is 1. The summed E-state index contributed by atoms with van der Waals surface area (Å²) in [6.45, 7) is 7.01. The highest BCUT2D eigenvalue weighted by Gasteiger charge is 2.15. The summed E-state index contributed by atoms with van der Waals surface area (Å²) in [4.78, 5) is 4.42. The van der Waals surface area contributed by atoms with Crippen molar-refractivity contribution in [1.82, 2.24) is 4.98 Å². The van der Waals surface area contributed by atoms with E-state index in [9.17, 15) is 9.50 Å². The number of nitrogens with one attached hydrogen (secondary N) is 1. The molecule has 2 aromatic rings. The van der Waals surface area contributed by atoms with Crippen molar-refractivity contribution in [3.05, 3.63) is 35.8 Å². The molecule has 1 aromatic heterocycles. The number of hydrogen-bond acceptors (Lipinski definition) is 3. The summed E-state index contributed by atoms with van der Waals surface area (Å²) in [6, 6.07) is 6.60. The summed E-state index contributed by atoms with van der Waals surface area (Å²) in [6.07, 6.45) is 1.89. The Balaban J connectivity index is 2.09. The van der Waals surface area contributed by atoms with Crippen molar-refractivity contribution in [2.45, 2.75) is 33.6 Å². The van der Waals surface area contributed by atoms with Crippen LogP contribution in [0.1, 0.15) is 32.4 Å². The maximum atomic E-state index is 13.4. The van der Waals surface area contributed by atoms with Crippen LogP contribution in [0.25, 0.3) is 10.9 Å². The van der Waals surface area contributed by atoms with E-state index in [4.69, 9.17) is 0 Å². The van der Waals surface area contributed by atoms with E-state index in [0.717, 1.165) is 41.7 Å². The molecule has 0 bridgehead atoms. The van der Waals surface area contributed by atoms with E-state index in [2.05, 4.69) is 10.3 Å². The van der Waals surface area contributed by atoms with Crippen molar-refractivity contribution >= 4 is 16.6 Å². The van der Waals surface area contributed by atoms with Crippen molar-refractivity contribution in [3.8, 4) is 0 Å². The van der Waals surface area contributed by atoms with Crippen LogP contribution >= 0.6 is 0 Å². The number of benzene rings is 1. The predicted octanol–water partition coefficient (Wildman–Crippen LogP) is 3.89. The molecule has 114 valence electrons. The van der Waals surface area contributed by atoms with Gasteiger partial charge in [0, 0.05) is 29.9 Å². The van der Waals surface area contributed by atoms with Gasteiger partial charge in [-0.25, -0.2) is 4.39 Å². The molecule has 0 aliphatic heterocycles. The molecule has 0 aliphatic carbocycles. The van der Waals surface area contributed by atoms with Crippen LogP contribution in [0.4, 0.5) is 10.1 Å². The topological polar surface area (TPSA) is 45.1 Å². The average Bonchev–Trinajstić information content (AvgIpc) is 2.44. The molecule has 0 saturated heterocycles. The first-order valence-corrected chi connectivity index (χ1v) is 7.33. The number of aromatic nitrogens is 1. The number of fused-ring (bicyclic) bond motifs is 1. The normalized spacial score (nSPS) is 11.9. The summed E-state index contributed by atoms with van der Waals surface area (Å²) in [7, 11) is 0. The van der Waals surface area contributed by atoms with E-state index in [1.807, 2.05) is 26.8 Å². The second kappa shape index (κ2) is 6.39. The Morgan fingerprint density at radius 1 is 1.29 bits per heavy atom. The second-order valence-electron chi connectivity index (χ2n) is 6.33. The fraction of sp³-hybridized carbons (Fsp3) is 0.471. The minimum absolute atomic E-state index is 0.0516. The largest absolute Gasteiger partial charge is 0.396 e. The number of aliphatic hydroxyl groups is 1. The average molecular weight is 290 g/mol. The lowest BCUT2D eigenvalue weighted by atomic mass is 9.89. The number of anilines is 1. The van der Waals surface area contributed by atoms with Gasteiger partial charge in [-0.05, 0) is 49.4 Å². The first-order valence-electron chi connectivity index (χ1n) is 7.33. The summed E-state index contributed by atoms with van der Waals surface area (Å²) >= 11 is 0. The number of hydrogen-bond donors (Lipinski definition) is 2. The van der Waals surface area contributed by atoms with Gasteiger partial charge >= 0.3 is 0 Å². The molecule has 0 atom stereocenters. The predicted molar refractivity (Wildman–Crippen MR) is 85.0 cm³/mol. The Morgan fingerprint density at radius 2 is 2.05 bits per heavy atom. The number of rotatable bonds is 6. The highest BCUT2D eigenvalue weighted by Crippen LogP contribution is 2.25. The van der Waals surface area contributed by atoms with E-state index < -0.39 is 0 Å². The highest BCUT2D eigenvalue weighted by molar-refractivity contribution is 5.91. The smallest absolute Gasteiger partial charge is 0.124 e. The van der Waals surface area contributed by atoms with E-state index in [0.29, 0.717) is 0 Å². The SMILES string of the molecule is Cc1cc(NCCCC(C)(C)CO)c2cc(F)ccc2n1. The number of nitrogens with zero attached hydrogens (tertiary/aromatic N) is 1. The molecule has 0 aliphatic rings. The first-order chi connectivity index (χ1) is 9.91. The van der Waals surface area contributed by atoms with Crippen molar-refractivity contribution in [3.63, 3.8) is 0 Å². The monoisotopic (exact) mass is 290 g/mol. The number of halogens is 1. The zero-order valence-electron chi connectivity index (χ0n) is 12.9. The van der Waals surface area contributed by atoms with Gasteiger partial charge in [-0.1, -0.05) is 13.8 Å². The van der Waals surface area contributed by atoms with E-state index >= 15 is 0 Å². The molecular formula is C17H23FN2O. The lowest BCUT2D eigenvalue weighted by molar-refractivity contribution is 0.149. The maximum absolute atomic E-state index is 13.4. The zero-order valence-corrected chi connectivity index (χ0v) is 12.9. The van der Waals surface area contributed by atoms with E-state index in [1.54, 1.807) is 6.07 Å². The fourth-order valence-corrected chi connectivity index (χ4v) is 2.35. The summed E-state index contributed by atoms with van der Waals surface area (Å²) in [5.74, 6) is -0.252. The Morgan fingerprint density at radius 3 is 2.76 bits per heavy atom. The van der Waals surface area contributed by atoms with Gasteiger partial charge in [-0.3, -0.25) is 4.98 Å². The molecule has 0 amide bonds. The molecule has 0 radical (unpaired) electrons. The van der Waals surface area contributed by atoms with Gasteiger partial charge in [0.15, 0.2) is 0 Å². The molecule has 1 aromatic carbocycles. The van der Waals surface area contributed by atoms with E-state index in [1.165, 1.54) is 12.1 Å². The molecule has 0 saturated carbocycles.